The third-order valence-corrected chi connectivity index (χ3v) is 2.15. The first-order valence-electron chi connectivity index (χ1n) is 5.69. The van der Waals surface area contributed by atoms with Crippen LogP contribution in [0, 0.1) is 0 Å². The number of methoxy groups -OCH3 is 2. The summed E-state index contributed by atoms with van der Waals surface area (Å²) in [6.07, 6.45) is 0. The number of rotatable bonds is 6. The minimum absolute atomic E-state index is 0.00371. The first kappa shape index (κ1) is 14.9. The van der Waals surface area contributed by atoms with Crippen molar-refractivity contribution in [1.29, 1.82) is 0 Å². The predicted octanol–water partition coefficient (Wildman–Crippen LogP) is 1.65. The van der Waals surface area contributed by atoms with Crippen LogP contribution >= 0.6 is 0 Å². The zero-order valence-corrected chi connectivity index (χ0v) is 11.3. The Morgan fingerprint density at radius 3 is 1.53 bits per heavy atom. The van der Waals surface area contributed by atoms with E-state index >= 15 is 0 Å². The van der Waals surface area contributed by atoms with Gasteiger partial charge in [-0.25, -0.2) is 9.59 Å². The Hall–Kier alpha value is -2.18. The van der Waals surface area contributed by atoms with E-state index in [1.165, 1.54) is 14.2 Å². The van der Waals surface area contributed by atoms with Gasteiger partial charge in [-0.2, -0.15) is 0 Å². The van der Waals surface area contributed by atoms with Crippen molar-refractivity contribution < 1.29 is 33.0 Å². The maximum Gasteiger partial charge on any atom is 0.378 e. The molecule has 7 nitrogen and oxygen atoms in total. The molecule has 0 saturated heterocycles. The largest absolute Gasteiger partial charge is 0.489 e. The van der Waals surface area contributed by atoms with Gasteiger partial charge in [0.15, 0.2) is 0 Å². The quantitative estimate of drug-likeness (QED) is 0.728. The van der Waals surface area contributed by atoms with E-state index in [0.29, 0.717) is 0 Å². The molecule has 19 heavy (non-hydrogen) atoms. The molecule has 0 aliphatic rings. The van der Waals surface area contributed by atoms with Crippen molar-refractivity contribution in [2.24, 2.45) is 0 Å². The average Bonchev–Trinajstić information content (AvgIpc) is 2.77. The van der Waals surface area contributed by atoms with Crippen LogP contribution in [0.1, 0.15) is 35.0 Å². The fourth-order valence-corrected chi connectivity index (χ4v) is 1.43. The zero-order chi connectivity index (χ0) is 14.4. The lowest BCUT2D eigenvalue weighted by Gasteiger charge is -2.03. The second-order valence-corrected chi connectivity index (χ2v) is 3.27. The van der Waals surface area contributed by atoms with Crippen LogP contribution < -0.4 is 9.47 Å². The van der Waals surface area contributed by atoms with E-state index in [0.717, 1.165) is 0 Å². The molecule has 0 aromatic carbocycles. The van der Waals surface area contributed by atoms with E-state index in [-0.39, 0.29) is 36.2 Å². The van der Waals surface area contributed by atoms with E-state index in [9.17, 15) is 9.59 Å². The second-order valence-electron chi connectivity index (χ2n) is 3.27. The highest BCUT2D eigenvalue weighted by Gasteiger charge is 2.32. The van der Waals surface area contributed by atoms with Crippen LogP contribution in [0.2, 0.25) is 0 Å². The van der Waals surface area contributed by atoms with Gasteiger partial charge in [-0.15, -0.1) is 0 Å². The van der Waals surface area contributed by atoms with Crippen LogP contribution in [0.4, 0.5) is 0 Å². The fraction of sp³-hybridized carbons (Fsp3) is 0.500. The molecule has 0 aliphatic heterocycles. The predicted molar refractivity (Wildman–Crippen MR) is 63.7 cm³/mol. The molecular formula is C12H16O7. The molecule has 0 saturated carbocycles. The molecule has 0 atom stereocenters. The van der Waals surface area contributed by atoms with Crippen molar-refractivity contribution in [2.75, 3.05) is 27.4 Å². The fourth-order valence-electron chi connectivity index (χ4n) is 1.43. The van der Waals surface area contributed by atoms with E-state index < -0.39 is 11.9 Å². The standard InChI is InChI=1S/C12H16O7/c1-5-17-11(13)9-7(15-3)8(16-4)10(19-9)12(14)18-6-2/h5-6H2,1-4H3. The number of hydrogen-bond acceptors (Lipinski definition) is 7. The second kappa shape index (κ2) is 6.67. The van der Waals surface area contributed by atoms with Crippen LogP contribution in [0.3, 0.4) is 0 Å². The molecule has 0 amide bonds. The molecular weight excluding hydrogens is 256 g/mol. The highest BCUT2D eigenvalue weighted by atomic mass is 16.6. The molecule has 0 spiro atoms. The van der Waals surface area contributed by atoms with Crippen molar-refractivity contribution >= 4 is 11.9 Å². The minimum Gasteiger partial charge on any atom is -0.489 e. The molecule has 0 unspecified atom stereocenters. The molecule has 1 rings (SSSR count). The van der Waals surface area contributed by atoms with Gasteiger partial charge >= 0.3 is 11.9 Å². The summed E-state index contributed by atoms with van der Waals surface area (Å²) >= 11 is 0. The Morgan fingerprint density at radius 2 is 1.26 bits per heavy atom. The van der Waals surface area contributed by atoms with Crippen molar-refractivity contribution in [3.63, 3.8) is 0 Å². The van der Waals surface area contributed by atoms with Gasteiger partial charge in [0.2, 0.25) is 11.5 Å². The van der Waals surface area contributed by atoms with Crippen LogP contribution in [0.15, 0.2) is 4.42 Å². The highest BCUT2D eigenvalue weighted by Crippen LogP contribution is 2.38. The van der Waals surface area contributed by atoms with E-state index in [1.54, 1.807) is 13.8 Å². The molecule has 0 radical (unpaired) electrons. The van der Waals surface area contributed by atoms with Gasteiger partial charge in [0.25, 0.3) is 11.5 Å². The lowest BCUT2D eigenvalue weighted by Crippen LogP contribution is -2.05. The molecule has 1 aromatic heterocycles. The molecule has 106 valence electrons. The first-order chi connectivity index (χ1) is 9.10. The minimum atomic E-state index is -0.742. The smallest absolute Gasteiger partial charge is 0.378 e. The average molecular weight is 272 g/mol. The van der Waals surface area contributed by atoms with Crippen LogP contribution in [0.25, 0.3) is 0 Å². The summed E-state index contributed by atoms with van der Waals surface area (Å²) < 4.78 is 24.8. The van der Waals surface area contributed by atoms with Crippen LogP contribution in [-0.2, 0) is 9.47 Å². The summed E-state index contributed by atoms with van der Waals surface area (Å²) in [6.45, 7) is 3.63. The van der Waals surface area contributed by atoms with Gasteiger partial charge in [0, 0.05) is 0 Å². The SMILES string of the molecule is CCOC(=O)c1oc(C(=O)OCC)c(OC)c1OC. The van der Waals surface area contributed by atoms with Crippen molar-refractivity contribution in [3.8, 4) is 11.5 Å². The van der Waals surface area contributed by atoms with Gasteiger partial charge in [-0.05, 0) is 13.8 Å². The maximum absolute atomic E-state index is 11.7. The van der Waals surface area contributed by atoms with Crippen LogP contribution in [-0.4, -0.2) is 39.4 Å². The monoisotopic (exact) mass is 272 g/mol. The Balaban J connectivity index is 3.26. The molecule has 7 heteroatoms. The number of ether oxygens (including phenoxy) is 4. The maximum atomic E-state index is 11.7. The van der Waals surface area contributed by atoms with E-state index in [1.807, 2.05) is 0 Å². The third-order valence-electron chi connectivity index (χ3n) is 2.15. The summed E-state index contributed by atoms with van der Waals surface area (Å²) in [7, 11) is 2.65. The lowest BCUT2D eigenvalue weighted by atomic mass is 10.3. The number of hydrogen-bond donors (Lipinski definition) is 0. The van der Waals surface area contributed by atoms with E-state index in [4.69, 9.17) is 23.4 Å². The van der Waals surface area contributed by atoms with E-state index in [2.05, 4.69) is 0 Å². The topological polar surface area (TPSA) is 84.2 Å². The Bertz CT molecular complexity index is 420. The van der Waals surface area contributed by atoms with Gasteiger partial charge in [0.1, 0.15) is 0 Å². The summed E-state index contributed by atoms with van der Waals surface area (Å²) in [5.74, 6) is -1.94. The number of carbonyl (C=O) groups is 2. The Kier molecular flexibility index (Phi) is 5.23. The third kappa shape index (κ3) is 2.98. The van der Waals surface area contributed by atoms with Crippen molar-refractivity contribution in [1.82, 2.24) is 0 Å². The molecule has 1 heterocycles. The molecule has 0 aliphatic carbocycles. The van der Waals surface area contributed by atoms with Crippen molar-refractivity contribution in [3.05, 3.63) is 11.5 Å². The zero-order valence-electron chi connectivity index (χ0n) is 11.3. The number of esters is 2. The Morgan fingerprint density at radius 1 is 0.895 bits per heavy atom. The van der Waals surface area contributed by atoms with Crippen LogP contribution in [0.5, 0.6) is 11.5 Å². The summed E-state index contributed by atoms with van der Waals surface area (Å²) in [4.78, 5) is 23.4. The number of carbonyl (C=O) groups excluding carboxylic acids is 2. The summed E-state index contributed by atoms with van der Waals surface area (Å²) in [6, 6.07) is 0. The highest BCUT2D eigenvalue weighted by molar-refractivity contribution is 5.97. The van der Waals surface area contributed by atoms with Gasteiger partial charge < -0.3 is 23.4 Å². The molecule has 0 N–H and O–H groups in total. The van der Waals surface area contributed by atoms with Gasteiger partial charge in [-0.1, -0.05) is 0 Å². The summed E-state index contributed by atoms with van der Waals surface area (Å²) in [5.41, 5.74) is 0. The van der Waals surface area contributed by atoms with Gasteiger partial charge in [-0.3, -0.25) is 0 Å². The molecule has 0 fully saturated rings. The normalized spacial score (nSPS) is 9.89. The van der Waals surface area contributed by atoms with Gasteiger partial charge in [0.05, 0.1) is 27.4 Å². The first-order valence-corrected chi connectivity index (χ1v) is 5.69. The Labute approximate surface area is 110 Å². The molecule has 0 bridgehead atoms. The number of furan rings is 1. The lowest BCUT2D eigenvalue weighted by molar-refractivity contribution is 0.0451. The van der Waals surface area contributed by atoms with Crippen molar-refractivity contribution in [2.45, 2.75) is 13.8 Å². The summed E-state index contributed by atoms with van der Waals surface area (Å²) in [5, 5.41) is 0. The molecule has 1 aromatic rings.